The van der Waals surface area contributed by atoms with Crippen LogP contribution in [0.2, 0.25) is 0 Å². The van der Waals surface area contributed by atoms with Crippen LogP contribution in [0.15, 0.2) is 16.9 Å². The van der Waals surface area contributed by atoms with Gasteiger partial charge >= 0.3 is 0 Å². The van der Waals surface area contributed by atoms with Crippen LogP contribution in [-0.2, 0) is 19.3 Å². The van der Waals surface area contributed by atoms with Crippen molar-refractivity contribution in [1.29, 1.82) is 0 Å². The Morgan fingerprint density at radius 3 is 2.89 bits per heavy atom. The Bertz CT molecular complexity index is 642. The van der Waals surface area contributed by atoms with Crippen molar-refractivity contribution < 1.29 is 0 Å². The normalized spacial score (nSPS) is 15.0. The molecule has 0 atom stereocenters. The van der Waals surface area contributed by atoms with Gasteiger partial charge in [-0.25, -0.2) is 4.98 Å². The van der Waals surface area contributed by atoms with Gasteiger partial charge < -0.3 is 4.98 Å². The van der Waals surface area contributed by atoms with Gasteiger partial charge in [0.15, 0.2) is 5.82 Å². The second kappa shape index (κ2) is 5.29. The van der Waals surface area contributed by atoms with Gasteiger partial charge in [0.05, 0.1) is 10.6 Å². The molecule has 0 unspecified atom stereocenters. The van der Waals surface area contributed by atoms with Gasteiger partial charge in [0.1, 0.15) is 0 Å². The molecule has 2 heterocycles. The van der Waals surface area contributed by atoms with Crippen LogP contribution in [0.4, 0.5) is 0 Å². The largest absolute Gasteiger partial charge is 0.306 e. The van der Waals surface area contributed by atoms with Crippen LogP contribution in [0.25, 0.3) is 10.7 Å². The molecular formula is C15H18N2OS. The standard InChI is InChI=1S/C15H18N2OS/c1-2-10-8-9-13(19-10)14-16-12-7-5-3-4-6-11(12)15(18)17-14/h8-9H,2-7H2,1H3,(H,16,17,18). The third kappa shape index (κ3) is 2.50. The SMILES string of the molecule is CCc1ccc(-c2nc3c(c(=O)[nH]2)CCCCC3)s1. The average Bonchev–Trinajstić information content (AvgIpc) is 2.77. The molecule has 0 aromatic carbocycles. The van der Waals surface area contributed by atoms with Crippen LogP contribution >= 0.6 is 11.3 Å². The first-order valence-corrected chi connectivity index (χ1v) is 7.80. The molecule has 0 amide bonds. The van der Waals surface area contributed by atoms with E-state index in [0.29, 0.717) is 0 Å². The number of aromatic nitrogens is 2. The predicted molar refractivity (Wildman–Crippen MR) is 78.8 cm³/mol. The van der Waals surface area contributed by atoms with Crippen molar-refractivity contribution in [1.82, 2.24) is 9.97 Å². The molecule has 0 saturated carbocycles. The first kappa shape index (κ1) is 12.6. The van der Waals surface area contributed by atoms with Crippen molar-refractivity contribution >= 4 is 11.3 Å². The number of hydrogen-bond donors (Lipinski definition) is 1. The van der Waals surface area contributed by atoms with Crippen LogP contribution in [-0.4, -0.2) is 9.97 Å². The minimum atomic E-state index is 0.0633. The number of nitrogens with one attached hydrogen (secondary N) is 1. The van der Waals surface area contributed by atoms with E-state index in [1.54, 1.807) is 11.3 Å². The van der Waals surface area contributed by atoms with Crippen molar-refractivity contribution in [2.45, 2.75) is 45.4 Å². The topological polar surface area (TPSA) is 45.8 Å². The summed E-state index contributed by atoms with van der Waals surface area (Å²) in [6.45, 7) is 2.14. The second-order valence-electron chi connectivity index (χ2n) is 5.02. The highest BCUT2D eigenvalue weighted by Gasteiger charge is 2.15. The Labute approximate surface area is 116 Å². The van der Waals surface area contributed by atoms with Gasteiger partial charge in [-0.15, -0.1) is 11.3 Å². The molecule has 3 nitrogen and oxygen atoms in total. The van der Waals surface area contributed by atoms with Crippen molar-refractivity contribution in [3.63, 3.8) is 0 Å². The van der Waals surface area contributed by atoms with Gasteiger partial charge in [0.2, 0.25) is 0 Å². The van der Waals surface area contributed by atoms with Crippen molar-refractivity contribution in [3.05, 3.63) is 38.6 Å². The van der Waals surface area contributed by atoms with Gasteiger partial charge in [0, 0.05) is 10.4 Å². The van der Waals surface area contributed by atoms with Crippen LogP contribution in [0.1, 0.15) is 42.3 Å². The Balaban J connectivity index is 2.06. The minimum absolute atomic E-state index is 0.0633. The lowest BCUT2D eigenvalue weighted by molar-refractivity contribution is 0.708. The fourth-order valence-corrected chi connectivity index (χ4v) is 3.48. The van der Waals surface area contributed by atoms with Crippen LogP contribution in [0.5, 0.6) is 0 Å². The highest BCUT2D eigenvalue weighted by molar-refractivity contribution is 7.15. The first-order chi connectivity index (χ1) is 9.28. The van der Waals surface area contributed by atoms with E-state index in [2.05, 4.69) is 24.0 Å². The molecule has 1 aliphatic carbocycles. The number of hydrogen-bond acceptors (Lipinski definition) is 3. The zero-order chi connectivity index (χ0) is 13.2. The number of fused-ring (bicyclic) bond motifs is 1. The molecule has 19 heavy (non-hydrogen) atoms. The molecular weight excluding hydrogens is 256 g/mol. The quantitative estimate of drug-likeness (QED) is 0.854. The van der Waals surface area contributed by atoms with Gasteiger partial charge in [-0.05, 0) is 44.2 Å². The van der Waals surface area contributed by atoms with Crippen molar-refractivity contribution in [3.8, 4) is 10.7 Å². The lowest BCUT2D eigenvalue weighted by Gasteiger charge is -2.05. The Morgan fingerprint density at radius 1 is 1.26 bits per heavy atom. The third-order valence-electron chi connectivity index (χ3n) is 3.68. The number of rotatable bonds is 2. The summed E-state index contributed by atoms with van der Waals surface area (Å²) < 4.78 is 0. The van der Waals surface area contributed by atoms with Crippen molar-refractivity contribution in [2.24, 2.45) is 0 Å². The Hall–Kier alpha value is -1.42. The molecule has 0 spiro atoms. The highest BCUT2D eigenvalue weighted by atomic mass is 32.1. The molecule has 0 fully saturated rings. The van der Waals surface area contributed by atoms with E-state index in [1.807, 2.05) is 0 Å². The molecule has 1 aliphatic rings. The molecule has 0 saturated heterocycles. The van der Waals surface area contributed by atoms with E-state index in [9.17, 15) is 4.79 Å². The summed E-state index contributed by atoms with van der Waals surface area (Å²) in [4.78, 5) is 22.3. The van der Waals surface area contributed by atoms with E-state index < -0.39 is 0 Å². The average molecular weight is 274 g/mol. The van der Waals surface area contributed by atoms with Crippen molar-refractivity contribution in [2.75, 3.05) is 0 Å². The number of thiophene rings is 1. The molecule has 100 valence electrons. The lowest BCUT2D eigenvalue weighted by Crippen LogP contribution is -2.17. The summed E-state index contributed by atoms with van der Waals surface area (Å²) in [5, 5.41) is 0. The minimum Gasteiger partial charge on any atom is -0.306 e. The molecule has 0 bridgehead atoms. The number of aryl methyl sites for hydroxylation is 2. The molecule has 1 N–H and O–H groups in total. The maximum Gasteiger partial charge on any atom is 0.254 e. The number of H-pyrrole nitrogens is 1. The molecule has 0 radical (unpaired) electrons. The van der Waals surface area contributed by atoms with E-state index in [-0.39, 0.29) is 5.56 Å². The summed E-state index contributed by atoms with van der Waals surface area (Å²) in [5.41, 5.74) is 1.99. The van der Waals surface area contributed by atoms with Crippen LogP contribution in [0.3, 0.4) is 0 Å². The van der Waals surface area contributed by atoms with E-state index in [1.165, 1.54) is 11.3 Å². The van der Waals surface area contributed by atoms with Crippen LogP contribution < -0.4 is 5.56 Å². The van der Waals surface area contributed by atoms with Gasteiger partial charge in [0.25, 0.3) is 5.56 Å². The van der Waals surface area contributed by atoms with Gasteiger partial charge in [-0.1, -0.05) is 13.3 Å². The zero-order valence-electron chi connectivity index (χ0n) is 11.2. The summed E-state index contributed by atoms with van der Waals surface area (Å²) in [6, 6.07) is 4.18. The fraction of sp³-hybridized carbons (Fsp3) is 0.467. The summed E-state index contributed by atoms with van der Waals surface area (Å²) in [5.74, 6) is 0.746. The van der Waals surface area contributed by atoms with Crippen LogP contribution in [0, 0.1) is 0 Å². The smallest absolute Gasteiger partial charge is 0.254 e. The lowest BCUT2D eigenvalue weighted by atomic mass is 10.1. The number of nitrogens with zero attached hydrogens (tertiary/aromatic N) is 1. The monoisotopic (exact) mass is 274 g/mol. The molecule has 0 aliphatic heterocycles. The number of aromatic amines is 1. The summed E-state index contributed by atoms with van der Waals surface area (Å²) >= 11 is 1.72. The maximum atomic E-state index is 12.2. The summed E-state index contributed by atoms with van der Waals surface area (Å²) in [6.07, 6.45) is 6.30. The van der Waals surface area contributed by atoms with Gasteiger partial charge in [-0.2, -0.15) is 0 Å². The highest BCUT2D eigenvalue weighted by Crippen LogP contribution is 2.26. The predicted octanol–water partition coefficient (Wildman–Crippen LogP) is 3.33. The Morgan fingerprint density at radius 2 is 2.11 bits per heavy atom. The molecule has 3 rings (SSSR count). The van der Waals surface area contributed by atoms with E-state index >= 15 is 0 Å². The second-order valence-corrected chi connectivity index (χ2v) is 6.19. The first-order valence-electron chi connectivity index (χ1n) is 6.99. The fourth-order valence-electron chi connectivity index (χ4n) is 2.59. The molecule has 2 aromatic rings. The molecule has 2 aromatic heterocycles. The van der Waals surface area contributed by atoms with Gasteiger partial charge in [-0.3, -0.25) is 4.79 Å². The zero-order valence-corrected chi connectivity index (χ0v) is 12.0. The Kier molecular flexibility index (Phi) is 3.51. The molecule has 4 heteroatoms. The third-order valence-corrected chi connectivity index (χ3v) is 4.92. The van der Waals surface area contributed by atoms with E-state index in [0.717, 1.165) is 54.1 Å². The summed E-state index contributed by atoms with van der Waals surface area (Å²) in [7, 11) is 0. The maximum absolute atomic E-state index is 12.2. The van der Waals surface area contributed by atoms with E-state index in [4.69, 9.17) is 4.98 Å².